The van der Waals surface area contributed by atoms with E-state index in [9.17, 15) is 0 Å². The highest BCUT2D eigenvalue weighted by Crippen LogP contribution is 2.18. The maximum Gasteiger partial charge on any atom is 0.00388 e. The zero-order chi connectivity index (χ0) is 8.10. The second-order valence-corrected chi connectivity index (χ2v) is 3.89. The Hall–Kier alpha value is -0.0400. The molecule has 0 aromatic heterocycles. The van der Waals surface area contributed by atoms with E-state index < -0.39 is 0 Å². The average molecular weight is 155 g/mol. The number of nitrogens with one attached hydrogen (secondary N) is 1. The summed E-state index contributed by atoms with van der Waals surface area (Å²) in [5, 5.41) is 3.58. The third-order valence-electron chi connectivity index (χ3n) is 2.70. The van der Waals surface area contributed by atoms with Gasteiger partial charge in [0, 0.05) is 6.04 Å². The first-order chi connectivity index (χ1) is 5.33. The number of hydrogen-bond donors (Lipinski definition) is 1. The van der Waals surface area contributed by atoms with E-state index in [1.807, 2.05) is 0 Å². The van der Waals surface area contributed by atoms with E-state index in [1.54, 1.807) is 0 Å². The smallest absolute Gasteiger partial charge is 0.00388 e. The number of hydrogen-bond acceptors (Lipinski definition) is 1. The Morgan fingerprint density at radius 1 is 1.36 bits per heavy atom. The molecule has 11 heavy (non-hydrogen) atoms. The van der Waals surface area contributed by atoms with Gasteiger partial charge in [-0.1, -0.05) is 19.8 Å². The number of rotatable bonds is 2. The summed E-state index contributed by atoms with van der Waals surface area (Å²) in [6.45, 7) is 5.84. The molecule has 1 nitrogen and oxygen atoms in total. The van der Waals surface area contributed by atoms with Crippen LogP contribution in [-0.4, -0.2) is 12.6 Å². The summed E-state index contributed by atoms with van der Waals surface area (Å²) < 4.78 is 0. The van der Waals surface area contributed by atoms with Crippen LogP contribution < -0.4 is 5.32 Å². The van der Waals surface area contributed by atoms with Crippen LogP contribution in [0.4, 0.5) is 0 Å². The minimum absolute atomic E-state index is 0.761. The Bertz CT molecular complexity index is 101. The van der Waals surface area contributed by atoms with Crippen molar-refractivity contribution in [1.29, 1.82) is 0 Å². The normalized spacial score (nSPS) is 33.3. The Morgan fingerprint density at radius 2 is 2.18 bits per heavy atom. The van der Waals surface area contributed by atoms with Crippen LogP contribution in [0.3, 0.4) is 0 Å². The largest absolute Gasteiger partial charge is 0.314 e. The molecule has 0 amide bonds. The minimum Gasteiger partial charge on any atom is -0.314 e. The SMILES string of the molecule is CCCC1CCCC(C)NC1. The monoisotopic (exact) mass is 155 g/mol. The summed E-state index contributed by atoms with van der Waals surface area (Å²) in [6.07, 6.45) is 7.02. The first-order valence-corrected chi connectivity index (χ1v) is 5.06. The van der Waals surface area contributed by atoms with Crippen molar-refractivity contribution in [3.63, 3.8) is 0 Å². The van der Waals surface area contributed by atoms with Crippen molar-refractivity contribution in [3.05, 3.63) is 0 Å². The molecule has 0 aromatic carbocycles. The van der Waals surface area contributed by atoms with Crippen molar-refractivity contribution in [2.75, 3.05) is 6.54 Å². The van der Waals surface area contributed by atoms with Gasteiger partial charge in [0.05, 0.1) is 0 Å². The van der Waals surface area contributed by atoms with Gasteiger partial charge in [-0.2, -0.15) is 0 Å². The van der Waals surface area contributed by atoms with E-state index in [0.29, 0.717) is 0 Å². The molecule has 1 heterocycles. The minimum atomic E-state index is 0.761. The fourth-order valence-corrected chi connectivity index (χ4v) is 1.94. The van der Waals surface area contributed by atoms with E-state index in [4.69, 9.17) is 0 Å². The molecule has 1 fully saturated rings. The molecule has 0 spiro atoms. The Morgan fingerprint density at radius 3 is 2.91 bits per heavy atom. The first kappa shape index (κ1) is 9.05. The maximum absolute atomic E-state index is 3.58. The van der Waals surface area contributed by atoms with Crippen LogP contribution in [0.2, 0.25) is 0 Å². The van der Waals surface area contributed by atoms with Gasteiger partial charge in [0.2, 0.25) is 0 Å². The molecule has 1 rings (SSSR count). The molecule has 0 aromatic rings. The Kier molecular flexibility index (Phi) is 3.92. The Balaban J connectivity index is 2.22. The summed E-state index contributed by atoms with van der Waals surface area (Å²) in [7, 11) is 0. The van der Waals surface area contributed by atoms with Crippen molar-refractivity contribution in [1.82, 2.24) is 5.32 Å². The van der Waals surface area contributed by atoms with E-state index >= 15 is 0 Å². The van der Waals surface area contributed by atoms with Crippen LogP contribution in [-0.2, 0) is 0 Å². The molecule has 1 heteroatoms. The lowest BCUT2D eigenvalue weighted by molar-refractivity contribution is 0.434. The average Bonchev–Trinajstić information content (AvgIpc) is 2.17. The van der Waals surface area contributed by atoms with Crippen molar-refractivity contribution in [2.45, 2.75) is 52.0 Å². The molecule has 0 aliphatic carbocycles. The van der Waals surface area contributed by atoms with Crippen molar-refractivity contribution in [3.8, 4) is 0 Å². The van der Waals surface area contributed by atoms with Gasteiger partial charge in [0.25, 0.3) is 0 Å². The summed E-state index contributed by atoms with van der Waals surface area (Å²) >= 11 is 0. The zero-order valence-corrected chi connectivity index (χ0v) is 7.90. The quantitative estimate of drug-likeness (QED) is 0.646. The van der Waals surface area contributed by atoms with Gasteiger partial charge in [-0.3, -0.25) is 0 Å². The van der Waals surface area contributed by atoms with Crippen molar-refractivity contribution >= 4 is 0 Å². The van der Waals surface area contributed by atoms with Crippen LogP contribution in [0.5, 0.6) is 0 Å². The molecule has 2 atom stereocenters. The van der Waals surface area contributed by atoms with Gasteiger partial charge >= 0.3 is 0 Å². The highest BCUT2D eigenvalue weighted by atomic mass is 14.9. The molecular formula is C10H21N. The fourth-order valence-electron chi connectivity index (χ4n) is 1.94. The third-order valence-corrected chi connectivity index (χ3v) is 2.70. The van der Waals surface area contributed by atoms with E-state index in [2.05, 4.69) is 19.2 Å². The second kappa shape index (κ2) is 4.76. The van der Waals surface area contributed by atoms with Gasteiger partial charge in [0.1, 0.15) is 0 Å². The van der Waals surface area contributed by atoms with Gasteiger partial charge in [0.15, 0.2) is 0 Å². The lowest BCUT2D eigenvalue weighted by atomic mass is 9.98. The first-order valence-electron chi connectivity index (χ1n) is 5.06. The molecule has 1 N–H and O–H groups in total. The topological polar surface area (TPSA) is 12.0 Å². The van der Waals surface area contributed by atoms with Crippen LogP contribution in [0.1, 0.15) is 46.0 Å². The predicted octanol–water partition coefficient (Wildman–Crippen LogP) is 2.56. The molecular weight excluding hydrogens is 134 g/mol. The molecule has 0 radical (unpaired) electrons. The molecule has 2 unspecified atom stereocenters. The fraction of sp³-hybridized carbons (Fsp3) is 1.00. The third kappa shape index (κ3) is 3.24. The highest BCUT2D eigenvalue weighted by molar-refractivity contribution is 4.71. The summed E-state index contributed by atoms with van der Waals surface area (Å²) in [4.78, 5) is 0. The second-order valence-electron chi connectivity index (χ2n) is 3.89. The van der Waals surface area contributed by atoms with Crippen LogP contribution in [0, 0.1) is 5.92 Å². The zero-order valence-electron chi connectivity index (χ0n) is 7.90. The van der Waals surface area contributed by atoms with Gasteiger partial charge in [-0.25, -0.2) is 0 Å². The van der Waals surface area contributed by atoms with Crippen molar-refractivity contribution < 1.29 is 0 Å². The van der Waals surface area contributed by atoms with Crippen LogP contribution in [0.15, 0.2) is 0 Å². The molecule has 1 aliphatic rings. The van der Waals surface area contributed by atoms with E-state index in [1.165, 1.54) is 38.6 Å². The lowest BCUT2D eigenvalue weighted by Gasteiger charge is -2.13. The molecule has 66 valence electrons. The Labute approximate surface area is 70.6 Å². The summed E-state index contributed by atoms with van der Waals surface area (Å²) in [5.74, 6) is 0.963. The summed E-state index contributed by atoms with van der Waals surface area (Å²) in [6, 6.07) is 0.761. The van der Waals surface area contributed by atoms with Gasteiger partial charge in [-0.15, -0.1) is 0 Å². The predicted molar refractivity (Wildman–Crippen MR) is 49.7 cm³/mol. The maximum atomic E-state index is 3.58. The molecule has 0 bridgehead atoms. The van der Waals surface area contributed by atoms with Crippen LogP contribution >= 0.6 is 0 Å². The van der Waals surface area contributed by atoms with E-state index in [0.717, 1.165) is 12.0 Å². The van der Waals surface area contributed by atoms with Crippen LogP contribution in [0.25, 0.3) is 0 Å². The standard InChI is InChI=1S/C10H21N/c1-3-5-10-7-4-6-9(2)11-8-10/h9-11H,3-8H2,1-2H3. The molecule has 1 aliphatic heterocycles. The summed E-state index contributed by atoms with van der Waals surface area (Å²) in [5.41, 5.74) is 0. The van der Waals surface area contributed by atoms with Gasteiger partial charge < -0.3 is 5.32 Å². The highest BCUT2D eigenvalue weighted by Gasteiger charge is 2.13. The molecule has 0 saturated carbocycles. The molecule has 1 saturated heterocycles. The van der Waals surface area contributed by atoms with E-state index in [-0.39, 0.29) is 0 Å². The van der Waals surface area contributed by atoms with Gasteiger partial charge in [-0.05, 0) is 38.6 Å². The lowest BCUT2D eigenvalue weighted by Crippen LogP contribution is -2.27. The van der Waals surface area contributed by atoms with Crippen molar-refractivity contribution in [2.24, 2.45) is 5.92 Å².